The van der Waals surface area contributed by atoms with Crippen LogP contribution in [0.2, 0.25) is 115 Å². The van der Waals surface area contributed by atoms with Gasteiger partial charge in [0, 0.05) is 5.56 Å². The van der Waals surface area contributed by atoms with E-state index in [4.69, 9.17) is 45.5 Å². The SMILES string of the molecule is C.C.COc1ccc(CCC[Si](C)(C)O[Si](C)(C)CCCc2ccc(OC)c(OC)c2)cc1CO.COc1ccc(CCC[Si](C)(C)O[Si](C)(C)CCCc2ccc(OC)cc2)cc1.COc1ccccc1CCC[Si](C)(C)O[Si](C)(C)CCCc1ccccc1OC. The van der Waals surface area contributed by atoms with Crippen LogP contribution in [0.1, 0.15) is 92.3 Å². The first-order chi connectivity index (χ1) is 43.1. The Morgan fingerprint density at radius 2 is 0.538 bits per heavy atom. The minimum absolute atomic E-state index is 0. The predicted molar refractivity (Wildman–Crippen MR) is 411 cm³/mol. The molecule has 6 rings (SSSR count). The van der Waals surface area contributed by atoms with E-state index in [1.807, 2.05) is 60.7 Å². The summed E-state index contributed by atoms with van der Waals surface area (Å²) in [6.45, 7) is 28.5. The highest BCUT2D eigenvalue weighted by Crippen LogP contribution is 2.33. The van der Waals surface area contributed by atoms with E-state index in [-0.39, 0.29) is 21.5 Å². The number of aliphatic hydroxyl groups is 1. The quantitative estimate of drug-likeness (QED) is 0.0374. The van der Waals surface area contributed by atoms with Crippen molar-refractivity contribution in [1.29, 1.82) is 0 Å². The number of hydrogen-bond acceptors (Lipinski definition) is 11. The molecule has 0 amide bonds. The molecule has 0 aliphatic rings. The van der Waals surface area contributed by atoms with Crippen molar-refractivity contribution in [2.45, 2.75) is 213 Å². The third-order valence-electron chi connectivity index (χ3n) is 16.8. The third kappa shape index (κ3) is 32.6. The van der Waals surface area contributed by atoms with E-state index in [0.717, 1.165) is 122 Å². The van der Waals surface area contributed by atoms with Crippen molar-refractivity contribution in [1.82, 2.24) is 0 Å². The molecule has 520 valence electrons. The lowest BCUT2D eigenvalue weighted by Crippen LogP contribution is -2.44. The van der Waals surface area contributed by atoms with Crippen LogP contribution < -0.4 is 33.2 Å². The molecule has 0 aromatic heterocycles. The molecule has 93 heavy (non-hydrogen) atoms. The highest BCUT2D eigenvalue weighted by atomic mass is 28.4. The molecule has 0 fully saturated rings. The summed E-state index contributed by atoms with van der Waals surface area (Å²) in [7, 11) is 1.83. The largest absolute Gasteiger partial charge is 0.497 e. The van der Waals surface area contributed by atoms with Crippen molar-refractivity contribution in [2.24, 2.45) is 0 Å². The fourth-order valence-electron chi connectivity index (χ4n) is 12.4. The Morgan fingerprint density at radius 3 is 0.849 bits per heavy atom. The normalized spacial score (nSPS) is 11.8. The highest BCUT2D eigenvalue weighted by molar-refractivity contribution is 6.86. The number of rotatable bonds is 38. The van der Waals surface area contributed by atoms with E-state index in [9.17, 15) is 5.11 Å². The van der Waals surface area contributed by atoms with Crippen LogP contribution in [0.4, 0.5) is 0 Å². The lowest BCUT2D eigenvalue weighted by Gasteiger charge is -2.34. The van der Waals surface area contributed by atoms with E-state index in [1.165, 1.54) is 70.4 Å². The second-order valence-corrected chi connectivity index (χ2v) is 54.4. The van der Waals surface area contributed by atoms with Crippen LogP contribution in [0, 0.1) is 0 Å². The van der Waals surface area contributed by atoms with Crippen LogP contribution in [0.25, 0.3) is 0 Å². The number of para-hydroxylation sites is 2. The first-order valence-electron chi connectivity index (χ1n) is 33.2. The number of aliphatic hydroxyl groups excluding tert-OH is 1. The molecule has 17 heteroatoms. The monoisotopic (exact) mass is 1380 g/mol. The molecule has 0 saturated heterocycles. The fraction of sp³-hybridized carbons (Fsp3) is 0.526. The van der Waals surface area contributed by atoms with Gasteiger partial charge in [0.25, 0.3) is 0 Å². The van der Waals surface area contributed by atoms with Crippen molar-refractivity contribution in [3.05, 3.63) is 172 Å². The van der Waals surface area contributed by atoms with Crippen LogP contribution in [-0.4, -0.2) is 105 Å². The summed E-state index contributed by atoms with van der Waals surface area (Å²) in [4.78, 5) is 0. The van der Waals surface area contributed by atoms with Gasteiger partial charge in [0.2, 0.25) is 0 Å². The Bertz CT molecular complexity index is 2810. The zero-order valence-corrected chi connectivity index (χ0v) is 65.7. The van der Waals surface area contributed by atoms with Crippen LogP contribution >= 0.6 is 0 Å². The van der Waals surface area contributed by atoms with Crippen molar-refractivity contribution in [2.75, 3.05) is 49.8 Å². The van der Waals surface area contributed by atoms with Gasteiger partial charge in [-0.05, 0) is 286 Å². The molecule has 0 aliphatic carbocycles. The standard InChI is InChI=1S/C26H42O5Si2.2C24H38O3Si2.2CH4/c1-28-24-14-12-21(18-23(24)20-27)10-8-16-32(4,5)31-33(6,7)17-9-11-22-13-15-25(29-2)26(19-22)30-3;1-25-23-15-11-21(12-16-23)9-7-19-28(3,4)27-29(5,6)20-8-10-22-13-17-24(26-2)18-14-22;1-25-23-17-9-7-13-21(23)15-11-19-28(3,4)27-29(5,6)20-12-16-22-14-8-10-18-24(22)26-2;;/h12-15,18-19,27H,8-11,16-17,20H2,1-7H3;11-18H,7-10,19-20H2,1-6H3;7-10,13-14,17-18H,11-12,15-16,19-20H2,1-6H3;2*1H4. The first kappa shape index (κ1) is 84.2. The molecule has 11 nitrogen and oxygen atoms in total. The first-order valence-corrected chi connectivity index (χ1v) is 51.9. The molecule has 6 aromatic rings. The number of hydrogen-bond donors (Lipinski definition) is 1. The van der Waals surface area contributed by atoms with Gasteiger partial charge >= 0.3 is 0 Å². The summed E-state index contributed by atoms with van der Waals surface area (Å²) in [6.07, 6.45) is 13.3. The van der Waals surface area contributed by atoms with Gasteiger partial charge in [-0.2, -0.15) is 0 Å². The average molecular weight is 1380 g/mol. The van der Waals surface area contributed by atoms with Crippen LogP contribution in [0.15, 0.2) is 133 Å². The fourth-order valence-corrected chi connectivity index (χ4v) is 39.0. The number of methoxy groups -OCH3 is 7. The van der Waals surface area contributed by atoms with Gasteiger partial charge < -0.3 is 50.6 Å². The predicted octanol–water partition coefficient (Wildman–Crippen LogP) is 20.9. The van der Waals surface area contributed by atoms with E-state index >= 15 is 0 Å². The number of benzene rings is 6. The highest BCUT2D eigenvalue weighted by Gasteiger charge is 2.35. The Balaban J connectivity index is 0.000000471. The summed E-state index contributed by atoms with van der Waals surface area (Å²) in [5.74, 6) is 6.16. The molecule has 0 saturated carbocycles. The molecule has 0 atom stereocenters. The Morgan fingerprint density at radius 1 is 0.269 bits per heavy atom. The summed E-state index contributed by atoms with van der Waals surface area (Å²) < 4.78 is 58.0. The van der Waals surface area contributed by atoms with Gasteiger partial charge in [-0.25, -0.2) is 0 Å². The number of aryl methyl sites for hydroxylation is 6. The van der Waals surface area contributed by atoms with E-state index < -0.39 is 49.9 Å². The summed E-state index contributed by atoms with van der Waals surface area (Å²) in [5, 5.41) is 9.55. The Labute approximate surface area is 572 Å². The summed E-state index contributed by atoms with van der Waals surface area (Å²) in [5.41, 5.74) is 8.73. The topological polar surface area (TPSA) is 113 Å². The molecule has 0 bridgehead atoms. The van der Waals surface area contributed by atoms with E-state index in [0.29, 0.717) is 0 Å². The van der Waals surface area contributed by atoms with Gasteiger partial charge in [-0.15, -0.1) is 0 Å². The Hall–Kier alpha value is -4.94. The van der Waals surface area contributed by atoms with Gasteiger partial charge in [0.1, 0.15) is 28.7 Å². The summed E-state index contributed by atoms with van der Waals surface area (Å²) in [6, 6.07) is 53.0. The molecule has 6 aromatic carbocycles. The maximum absolute atomic E-state index is 9.55. The van der Waals surface area contributed by atoms with E-state index in [1.54, 1.807) is 49.8 Å². The van der Waals surface area contributed by atoms with Crippen LogP contribution in [0.5, 0.6) is 40.2 Å². The van der Waals surface area contributed by atoms with Gasteiger partial charge in [0.05, 0.1) is 56.4 Å². The lowest BCUT2D eigenvalue weighted by molar-refractivity contribution is 0.273. The second kappa shape index (κ2) is 41.9. The van der Waals surface area contributed by atoms with Crippen molar-refractivity contribution < 1.29 is 50.6 Å². The molecule has 0 spiro atoms. The summed E-state index contributed by atoms with van der Waals surface area (Å²) >= 11 is 0. The molecular weight excluding hydrogens is 1260 g/mol. The molecule has 0 radical (unpaired) electrons. The minimum atomic E-state index is -1.74. The van der Waals surface area contributed by atoms with Crippen LogP contribution in [0.3, 0.4) is 0 Å². The van der Waals surface area contributed by atoms with Crippen molar-refractivity contribution >= 4 is 49.9 Å². The van der Waals surface area contributed by atoms with Crippen LogP contribution in [-0.2, 0) is 57.5 Å². The zero-order chi connectivity index (χ0) is 67.1. The molecule has 0 unspecified atom stereocenters. The number of ether oxygens (including phenoxy) is 7. The zero-order valence-electron chi connectivity index (χ0n) is 59.7. The third-order valence-corrected chi connectivity index (χ3v) is 39.4. The van der Waals surface area contributed by atoms with Crippen molar-refractivity contribution in [3.63, 3.8) is 0 Å². The Kier molecular flexibility index (Phi) is 37.9. The average Bonchev–Trinajstić information content (AvgIpc) is 3.24. The van der Waals surface area contributed by atoms with Gasteiger partial charge in [-0.1, -0.05) is 87.6 Å². The lowest BCUT2D eigenvalue weighted by atomic mass is 10.1. The molecule has 0 aliphatic heterocycles. The minimum Gasteiger partial charge on any atom is -0.497 e. The smallest absolute Gasteiger partial charge is 0.173 e. The van der Waals surface area contributed by atoms with E-state index in [2.05, 4.69) is 151 Å². The van der Waals surface area contributed by atoms with Gasteiger partial charge in [0.15, 0.2) is 61.4 Å². The molecule has 0 heterocycles. The molecule has 1 N–H and O–H groups in total. The maximum atomic E-state index is 9.55. The van der Waals surface area contributed by atoms with Crippen molar-refractivity contribution in [3.8, 4) is 40.2 Å². The maximum Gasteiger partial charge on any atom is 0.173 e. The molecular formula is C76H126O11Si6. The second-order valence-electron chi connectivity index (χ2n) is 27.8. The van der Waals surface area contributed by atoms with Gasteiger partial charge in [-0.3, -0.25) is 0 Å².